The van der Waals surface area contributed by atoms with Crippen molar-refractivity contribution in [2.24, 2.45) is 5.92 Å². The predicted octanol–water partition coefficient (Wildman–Crippen LogP) is 2.69. The number of nitrogens with zero attached hydrogens (tertiary/aromatic N) is 2. The number of hydrogen-bond acceptors (Lipinski definition) is 5. The van der Waals surface area contributed by atoms with Crippen LogP contribution < -0.4 is 10.1 Å². The van der Waals surface area contributed by atoms with Crippen LogP contribution in [0.25, 0.3) is 0 Å². The Bertz CT molecular complexity index is 659. The molecule has 0 spiro atoms. The molecule has 1 aliphatic heterocycles. The van der Waals surface area contributed by atoms with Crippen molar-refractivity contribution < 1.29 is 9.53 Å². The summed E-state index contributed by atoms with van der Waals surface area (Å²) >= 11 is 7.32. The highest BCUT2D eigenvalue weighted by atomic mass is 35.5. The lowest BCUT2D eigenvalue weighted by Gasteiger charge is -2.24. The molecular weight excluding hydrogens is 298 g/mol. The fraction of sp³-hybridized carbons (Fsp3) is 0.308. The first-order valence-electron chi connectivity index (χ1n) is 6.14. The van der Waals surface area contributed by atoms with Crippen LogP contribution in [0.5, 0.6) is 5.75 Å². The molecule has 3 rings (SSSR count). The van der Waals surface area contributed by atoms with E-state index in [0.29, 0.717) is 23.2 Å². The van der Waals surface area contributed by atoms with Gasteiger partial charge in [-0.3, -0.25) is 4.79 Å². The minimum Gasteiger partial charge on any atom is -0.492 e. The number of aryl methyl sites for hydroxylation is 1. The smallest absolute Gasteiger partial charge is 0.233 e. The first kappa shape index (κ1) is 13.3. The van der Waals surface area contributed by atoms with Gasteiger partial charge < -0.3 is 10.1 Å². The van der Waals surface area contributed by atoms with Crippen molar-refractivity contribution in [1.29, 1.82) is 0 Å². The van der Waals surface area contributed by atoms with E-state index in [0.717, 1.165) is 16.3 Å². The molecule has 1 aromatic carbocycles. The van der Waals surface area contributed by atoms with E-state index in [2.05, 4.69) is 15.5 Å². The molecule has 0 radical (unpaired) electrons. The number of hydrogen-bond donors (Lipinski definition) is 1. The molecule has 20 heavy (non-hydrogen) atoms. The summed E-state index contributed by atoms with van der Waals surface area (Å²) in [7, 11) is 0. The Labute approximate surface area is 124 Å². The van der Waals surface area contributed by atoms with Crippen molar-refractivity contribution in [3.63, 3.8) is 0 Å². The molecule has 104 valence electrons. The highest BCUT2D eigenvalue weighted by Gasteiger charge is 2.26. The van der Waals surface area contributed by atoms with Crippen molar-refractivity contribution in [3.05, 3.63) is 33.8 Å². The number of halogens is 1. The van der Waals surface area contributed by atoms with Gasteiger partial charge in [-0.15, -0.1) is 10.2 Å². The van der Waals surface area contributed by atoms with Gasteiger partial charge in [-0.05, 0) is 37.1 Å². The second-order valence-electron chi connectivity index (χ2n) is 4.58. The van der Waals surface area contributed by atoms with Crippen molar-refractivity contribution in [2.45, 2.75) is 13.3 Å². The van der Waals surface area contributed by atoms with Gasteiger partial charge in [0.25, 0.3) is 0 Å². The first-order valence-corrected chi connectivity index (χ1v) is 7.33. The van der Waals surface area contributed by atoms with E-state index in [4.69, 9.17) is 16.3 Å². The summed E-state index contributed by atoms with van der Waals surface area (Å²) in [6, 6.07) is 5.45. The number of fused-ring (bicyclic) bond motifs is 1. The largest absolute Gasteiger partial charge is 0.492 e. The van der Waals surface area contributed by atoms with E-state index in [-0.39, 0.29) is 11.8 Å². The van der Waals surface area contributed by atoms with Crippen LogP contribution in [0.2, 0.25) is 5.02 Å². The van der Waals surface area contributed by atoms with E-state index in [9.17, 15) is 4.79 Å². The highest BCUT2D eigenvalue weighted by Crippen LogP contribution is 2.30. The molecule has 2 aromatic rings. The third kappa shape index (κ3) is 2.76. The van der Waals surface area contributed by atoms with Gasteiger partial charge in [0.1, 0.15) is 17.4 Å². The van der Waals surface area contributed by atoms with Gasteiger partial charge in [0.15, 0.2) is 0 Å². The maximum atomic E-state index is 12.2. The van der Waals surface area contributed by atoms with Gasteiger partial charge in [0.05, 0.1) is 5.92 Å². The normalized spacial score (nSPS) is 17.2. The second kappa shape index (κ2) is 5.38. The number of benzene rings is 1. The third-order valence-electron chi connectivity index (χ3n) is 3.06. The zero-order chi connectivity index (χ0) is 14.1. The van der Waals surface area contributed by atoms with E-state index < -0.39 is 0 Å². The van der Waals surface area contributed by atoms with E-state index >= 15 is 0 Å². The van der Waals surface area contributed by atoms with Crippen LogP contribution in [0.1, 0.15) is 10.6 Å². The number of ether oxygens (including phenoxy) is 1. The molecule has 0 aliphatic carbocycles. The predicted molar refractivity (Wildman–Crippen MR) is 77.4 cm³/mol. The Morgan fingerprint density at radius 2 is 2.35 bits per heavy atom. The van der Waals surface area contributed by atoms with E-state index in [1.54, 1.807) is 6.07 Å². The Morgan fingerprint density at radius 3 is 3.10 bits per heavy atom. The summed E-state index contributed by atoms with van der Waals surface area (Å²) in [5.74, 6) is 0.446. The molecule has 0 saturated heterocycles. The van der Waals surface area contributed by atoms with Crippen molar-refractivity contribution >= 4 is 34.0 Å². The topological polar surface area (TPSA) is 64.1 Å². The summed E-state index contributed by atoms with van der Waals surface area (Å²) in [6.07, 6.45) is 0.611. The Morgan fingerprint density at radius 1 is 1.50 bits per heavy atom. The highest BCUT2D eigenvalue weighted by molar-refractivity contribution is 7.15. The van der Waals surface area contributed by atoms with E-state index in [1.807, 2.05) is 19.1 Å². The summed E-state index contributed by atoms with van der Waals surface area (Å²) in [4.78, 5) is 12.2. The lowest BCUT2D eigenvalue weighted by molar-refractivity contribution is -0.121. The van der Waals surface area contributed by atoms with Crippen LogP contribution in [0.4, 0.5) is 5.13 Å². The zero-order valence-electron chi connectivity index (χ0n) is 10.7. The molecule has 2 heterocycles. The number of amides is 1. The monoisotopic (exact) mass is 309 g/mol. The molecule has 0 saturated carbocycles. The Balaban J connectivity index is 1.71. The Hall–Kier alpha value is -1.66. The second-order valence-corrected chi connectivity index (χ2v) is 6.20. The van der Waals surface area contributed by atoms with Gasteiger partial charge in [-0.2, -0.15) is 0 Å². The van der Waals surface area contributed by atoms with E-state index in [1.165, 1.54) is 11.3 Å². The molecule has 0 bridgehead atoms. The fourth-order valence-corrected chi connectivity index (χ4v) is 2.88. The average Bonchev–Trinajstić information content (AvgIpc) is 2.83. The molecule has 1 aromatic heterocycles. The molecule has 0 fully saturated rings. The van der Waals surface area contributed by atoms with Gasteiger partial charge in [-0.1, -0.05) is 22.9 Å². The standard InChI is InChI=1S/C13H12ClN3O2S/c1-7-16-17-13(20-7)15-12(18)9-4-8-5-10(14)2-3-11(8)19-6-9/h2-3,5,9H,4,6H2,1H3,(H,15,17,18)/t9-/m0/s1. The summed E-state index contributed by atoms with van der Waals surface area (Å²) < 4.78 is 5.60. The number of rotatable bonds is 2. The lowest BCUT2D eigenvalue weighted by atomic mass is 9.96. The average molecular weight is 310 g/mol. The third-order valence-corrected chi connectivity index (χ3v) is 4.05. The first-order chi connectivity index (χ1) is 9.61. The minimum atomic E-state index is -0.245. The molecule has 1 N–H and O–H groups in total. The van der Waals surface area contributed by atoms with Crippen LogP contribution in [0.15, 0.2) is 18.2 Å². The number of aromatic nitrogens is 2. The van der Waals surface area contributed by atoms with Gasteiger partial charge in [0.2, 0.25) is 11.0 Å². The molecule has 5 nitrogen and oxygen atoms in total. The zero-order valence-corrected chi connectivity index (χ0v) is 12.3. The number of carbonyl (C=O) groups is 1. The van der Waals surface area contributed by atoms with Crippen LogP contribution in [-0.2, 0) is 11.2 Å². The molecule has 1 atom stereocenters. The minimum absolute atomic E-state index is 0.105. The van der Waals surface area contributed by atoms with Crippen LogP contribution in [0, 0.1) is 12.8 Å². The van der Waals surface area contributed by atoms with Crippen molar-refractivity contribution in [3.8, 4) is 5.75 Å². The van der Waals surface area contributed by atoms with Crippen LogP contribution in [-0.4, -0.2) is 22.7 Å². The van der Waals surface area contributed by atoms with Crippen LogP contribution in [0.3, 0.4) is 0 Å². The molecular formula is C13H12ClN3O2S. The van der Waals surface area contributed by atoms with Crippen LogP contribution >= 0.6 is 22.9 Å². The number of anilines is 1. The van der Waals surface area contributed by atoms with Crippen molar-refractivity contribution in [1.82, 2.24) is 10.2 Å². The van der Waals surface area contributed by atoms with Gasteiger partial charge in [-0.25, -0.2) is 0 Å². The molecule has 1 aliphatic rings. The Kier molecular flexibility index (Phi) is 3.58. The van der Waals surface area contributed by atoms with Crippen molar-refractivity contribution in [2.75, 3.05) is 11.9 Å². The molecule has 1 amide bonds. The SMILES string of the molecule is Cc1nnc(NC(=O)[C@@H]2COc3ccc(Cl)cc3C2)s1. The molecule has 0 unspecified atom stereocenters. The maximum absolute atomic E-state index is 12.2. The lowest BCUT2D eigenvalue weighted by Crippen LogP contribution is -2.32. The number of carbonyl (C=O) groups excluding carboxylic acids is 1. The summed E-state index contributed by atoms with van der Waals surface area (Å²) in [6.45, 7) is 2.20. The number of nitrogens with one attached hydrogen (secondary N) is 1. The summed E-state index contributed by atoms with van der Waals surface area (Å²) in [5.41, 5.74) is 0.956. The molecule has 7 heteroatoms. The summed E-state index contributed by atoms with van der Waals surface area (Å²) in [5, 5.41) is 12.5. The fourth-order valence-electron chi connectivity index (χ4n) is 2.09. The quantitative estimate of drug-likeness (QED) is 0.926. The van der Waals surface area contributed by atoms with Gasteiger partial charge in [0, 0.05) is 5.02 Å². The maximum Gasteiger partial charge on any atom is 0.233 e. The van der Waals surface area contributed by atoms with Gasteiger partial charge >= 0.3 is 0 Å².